The van der Waals surface area contributed by atoms with Gasteiger partial charge in [-0.3, -0.25) is 9.78 Å². The third-order valence-electron chi connectivity index (χ3n) is 3.16. The number of pyridine rings is 1. The lowest BCUT2D eigenvalue weighted by Crippen LogP contribution is -2.33. The third-order valence-corrected chi connectivity index (χ3v) is 3.16. The molecular weight excluding hydrogens is 252 g/mol. The predicted octanol–water partition coefficient (Wildman–Crippen LogP) is 2.10. The van der Waals surface area contributed by atoms with E-state index in [0.29, 0.717) is 6.42 Å². The molecule has 0 aliphatic heterocycles. The van der Waals surface area contributed by atoms with E-state index in [-0.39, 0.29) is 0 Å². The molecule has 2 rings (SSSR count). The SMILES string of the molecule is COC(=O)[C@@H](N)Cc1ccc(-c2ccc(C)nc2)cc1. The summed E-state index contributed by atoms with van der Waals surface area (Å²) in [6.07, 6.45) is 2.32. The topological polar surface area (TPSA) is 65.2 Å². The van der Waals surface area contributed by atoms with Crippen molar-refractivity contribution < 1.29 is 9.53 Å². The number of carbonyl (C=O) groups excluding carboxylic acids is 1. The van der Waals surface area contributed by atoms with Crippen molar-refractivity contribution in [1.82, 2.24) is 4.98 Å². The highest BCUT2D eigenvalue weighted by molar-refractivity contribution is 5.75. The molecular formula is C16H18N2O2. The smallest absolute Gasteiger partial charge is 0.322 e. The molecule has 2 N–H and O–H groups in total. The average Bonchev–Trinajstić information content (AvgIpc) is 2.48. The van der Waals surface area contributed by atoms with Crippen molar-refractivity contribution in [1.29, 1.82) is 0 Å². The standard InChI is InChI=1S/C16H18N2O2/c1-11-3-6-14(10-18-11)13-7-4-12(5-8-13)9-15(17)16(19)20-2/h3-8,10,15H,9,17H2,1-2H3/t15-/m0/s1. The van der Waals surface area contributed by atoms with Gasteiger partial charge in [-0.15, -0.1) is 0 Å². The molecule has 0 saturated carbocycles. The first kappa shape index (κ1) is 14.2. The molecule has 1 atom stereocenters. The molecule has 0 fully saturated rings. The van der Waals surface area contributed by atoms with Gasteiger partial charge in [0.15, 0.2) is 0 Å². The van der Waals surface area contributed by atoms with Gasteiger partial charge in [-0.25, -0.2) is 0 Å². The molecule has 4 heteroatoms. The highest BCUT2D eigenvalue weighted by Gasteiger charge is 2.13. The summed E-state index contributed by atoms with van der Waals surface area (Å²) in [4.78, 5) is 15.6. The minimum Gasteiger partial charge on any atom is -0.468 e. The minimum atomic E-state index is -0.619. The first-order chi connectivity index (χ1) is 9.60. The number of hydrogen-bond acceptors (Lipinski definition) is 4. The van der Waals surface area contributed by atoms with E-state index in [2.05, 4.69) is 9.72 Å². The molecule has 0 saturated heterocycles. The maximum Gasteiger partial charge on any atom is 0.322 e. The molecule has 0 amide bonds. The van der Waals surface area contributed by atoms with Gasteiger partial charge < -0.3 is 10.5 Å². The number of aromatic nitrogens is 1. The number of esters is 1. The van der Waals surface area contributed by atoms with Crippen LogP contribution in [-0.2, 0) is 16.0 Å². The summed E-state index contributed by atoms with van der Waals surface area (Å²) in [6.45, 7) is 1.96. The van der Waals surface area contributed by atoms with Crippen LogP contribution in [0.1, 0.15) is 11.3 Å². The van der Waals surface area contributed by atoms with Crippen LogP contribution in [0.2, 0.25) is 0 Å². The van der Waals surface area contributed by atoms with Crippen molar-refractivity contribution in [2.75, 3.05) is 7.11 Å². The van der Waals surface area contributed by atoms with Gasteiger partial charge in [0.1, 0.15) is 6.04 Å². The van der Waals surface area contributed by atoms with Crippen molar-refractivity contribution in [3.8, 4) is 11.1 Å². The molecule has 1 aromatic heterocycles. The van der Waals surface area contributed by atoms with E-state index in [0.717, 1.165) is 22.4 Å². The molecule has 0 spiro atoms. The van der Waals surface area contributed by atoms with Crippen LogP contribution in [0.4, 0.5) is 0 Å². The van der Waals surface area contributed by atoms with Crippen LogP contribution >= 0.6 is 0 Å². The Hall–Kier alpha value is -2.20. The number of nitrogens with two attached hydrogens (primary N) is 1. The minimum absolute atomic E-state index is 0.392. The van der Waals surface area contributed by atoms with Gasteiger partial charge in [0.2, 0.25) is 0 Å². The van der Waals surface area contributed by atoms with Gasteiger partial charge in [0.05, 0.1) is 7.11 Å². The summed E-state index contributed by atoms with van der Waals surface area (Å²) in [5, 5.41) is 0. The maximum absolute atomic E-state index is 11.3. The van der Waals surface area contributed by atoms with E-state index >= 15 is 0 Å². The molecule has 0 unspecified atom stereocenters. The van der Waals surface area contributed by atoms with Crippen LogP contribution in [0, 0.1) is 6.92 Å². The maximum atomic E-state index is 11.3. The second-order valence-electron chi connectivity index (χ2n) is 4.72. The van der Waals surface area contributed by atoms with Crippen LogP contribution < -0.4 is 5.73 Å². The van der Waals surface area contributed by atoms with Crippen LogP contribution in [0.25, 0.3) is 11.1 Å². The molecule has 2 aromatic rings. The molecule has 104 valence electrons. The Kier molecular flexibility index (Phi) is 4.48. The predicted molar refractivity (Wildman–Crippen MR) is 78.1 cm³/mol. The van der Waals surface area contributed by atoms with Crippen molar-refractivity contribution in [3.05, 3.63) is 53.9 Å². The molecule has 20 heavy (non-hydrogen) atoms. The number of carbonyl (C=O) groups is 1. The summed E-state index contributed by atoms with van der Waals surface area (Å²) in [5.41, 5.74) is 9.90. The first-order valence-corrected chi connectivity index (χ1v) is 6.45. The lowest BCUT2D eigenvalue weighted by Gasteiger charge is -2.09. The number of methoxy groups -OCH3 is 1. The molecule has 0 aliphatic carbocycles. The summed E-state index contributed by atoms with van der Waals surface area (Å²) < 4.78 is 4.62. The summed E-state index contributed by atoms with van der Waals surface area (Å²) in [5.74, 6) is -0.392. The zero-order valence-corrected chi connectivity index (χ0v) is 11.7. The fourth-order valence-electron chi connectivity index (χ4n) is 1.96. The Morgan fingerprint density at radius 2 is 1.85 bits per heavy atom. The Morgan fingerprint density at radius 1 is 1.20 bits per heavy atom. The Bertz CT molecular complexity index is 576. The van der Waals surface area contributed by atoms with Crippen molar-refractivity contribution in [2.24, 2.45) is 5.73 Å². The van der Waals surface area contributed by atoms with E-state index < -0.39 is 12.0 Å². The van der Waals surface area contributed by atoms with Crippen molar-refractivity contribution in [2.45, 2.75) is 19.4 Å². The van der Waals surface area contributed by atoms with Crippen LogP contribution in [0.3, 0.4) is 0 Å². The summed E-state index contributed by atoms with van der Waals surface area (Å²) >= 11 is 0. The van der Waals surface area contributed by atoms with Gasteiger partial charge in [-0.05, 0) is 30.5 Å². The number of ether oxygens (including phenoxy) is 1. The number of benzene rings is 1. The lowest BCUT2D eigenvalue weighted by atomic mass is 10.0. The van der Waals surface area contributed by atoms with Gasteiger partial charge in [0, 0.05) is 17.5 Å². The summed E-state index contributed by atoms with van der Waals surface area (Å²) in [7, 11) is 1.34. The highest BCUT2D eigenvalue weighted by Crippen LogP contribution is 2.19. The van der Waals surface area contributed by atoms with Gasteiger partial charge >= 0.3 is 5.97 Å². The zero-order chi connectivity index (χ0) is 14.5. The molecule has 0 bridgehead atoms. The monoisotopic (exact) mass is 270 g/mol. The molecule has 1 heterocycles. The normalized spacial score (nSPS) is 11.9. The highest BCUT2D eigenvalue weighted by atomic mass is 16.5. The van der Waals surface area contributed by atoms with Crippen molar-refractivity contribution in [3.63, 3.8) is 0 Å². The molecule has 4 nitrogen and oxygen atoms in total. The van der Waals surface area contributed by atoms with Crippen LogP contribution in [-0.4, -0.2) is 24.1 Å². The van der Waals surface area contributed by atoms with Gasteiger partial charge in [-0.2, -0.15) is 0 Å². The second kappa shape index (κ2) is 6.30. The number of nitrogens with zero attached hydrogens (tertiary/aromatic N) is 1. The van der Waals surface area contributed by atoms with Crippen molar-refractivity contribution >= 4 is 5.97 Å². The van der Waals surface area contributed by atoms with Gasteiger partial charge in [0.25, 0.3) is 0 Å². The fourth-order valence-corrected chi connectivity index (χ4v) is 1.96. The lowest BCUT2D eigenvalue weighted by molar-refractivity contribution is -0.142. The Labute approximate surface area is 118 Å². The fraction of sp³-hybridized carbons (Fsp3) is 0.250. The number of rotatable bonds is 4. The average molecular weight is 270 g/mol. The molecule has 0 radical (unpaired) electrons. The quantitative estimate of drug-likeness (QED) is 0.864. The van der Waals surface area contributed by atoms with E-state index in [1.165, 1.54) is 7.11 Å². The molecule has 0 aliphatic rings. The first-order valence-electron chi connectivity index (χ1n) is 6.45. The van der Waals surface area contributed by atoms with E-state index in [1.54, 1.807) is 0 Å². The van der Waals surface area contributed by atoms with E-state index in [9.17, 15) is 4.79 Å². The number of hydrogen-bond donors (Lipinski definition) is 1. The second-order valence-corrected chi connectivity index (χ2v) is 4.72. The third kappa shape index (κ3) is 3.42. The van der Waals surface area contributed by atoms with Crippen LogP contribution in [0.5, 0.6) is 0 Å². The summed E-state index contributed by atoms with van der Waals surface area (Å²) in [6, 6.07) is 11.4. The number of aryl methyl sites for hydroxylation is 1. The van der Waals surface area contributed by atoms with E-state index in [4.69, 9.17) is 5.73 Å². The largest absolute Gasteiger partial charge is 0.468 e. The van der Waals surface area contributed by atoms with E-state index in [1.807, 2.05) is 49.5 Å². The zero-order valence-electron chi connectivity index (χ0n) is 11.7. The van der Waals surface area contributed by atoms with Gasteiger partial charge in [-0.1, -0.05) is 30.3 Å². The van der Waals surface area contributed by atoms with Crippen LogP contribution in [0.15, 0.2) is 42.6 Å². The Balaban J connectivity index is 2.10. The Morgan fingerprint density at radius 3 is 2.40 bits per heavy atom. The molecule has 1 aromatic carbocycles.